The van der Waals surface area contributed by atoms with Gasteiger partial charge in [-0.25, -0.2) is 0 Å². The maximum absolute atomic E-state index is 11.7. The summed E-state index contributed by atoms with van der Waals surface area (Å²) < 4.78 is 0. The first-order valence-corrected chi connectivity index (χ1v) is 7.53. The van der Waals surface area contributed by atoms with Gasteiger partial charge in [0, 0.05) is 17.8 Å². The Morgan fingerprint density at radius 2 is 2.33 bits per heavy atom. The molecule has 1 saturated carbocycles. The van der Waals surface area contributed by atoms with Crippen molar-refractivity contribution in [2.24, 2.45) is 11.1 Å². The third kappa shape index (κ3) is 3.56. The summed E-state index contributed by atoms with van der Waals surface area (Å²) in [7, 11) is 0. The van der Waals surface area contributed by atoms with Crippen LogP contribution in [0.3, 0.4) is 0 Å². The van der Waals surface area contributed by atoms with E-state index in [-0.39, 0.29) is 11.3 Å². The van der Waals surface area contributed by atoms with E-state index in [9.17, 15) is 4.79 Å². The highest BCUT2D eigenvalue weighted by Crippen LogP contribution is 2.43. The molecule has 0 bridgehead atoms. The number of rotatable bonds is 7. The fraction of sp³-hybridized carbons (Fsp3) is 0.643. The summed E-state index contributed by atoms with van der Waals surface area (Å²) in [5.41, 5.74) is 7.27. The van der Waals surface area contributed by atoms with Gasteiger partial charge in [-0.3, -0.25) is 4.79 Å². The molecule has 0 spiro atoms. The van der Waals surface area contributed by atoms with Gasteiger partial charge >= 0.3 is 0 Å². The summed E-state index contributed by atoms with van der Waals surface area (Å²) in [5.74, 6) is 0.170. The van der Waals surface area contributed by atoms with Gasteiger partial charge in [-0.05, 0) is 61.6 Å². The van der Waals surface area contributed by atoms with Crippen LogP contribution in [-0.4, -0.2) is 19.0 Å². The summed E-state index contributed by atoms with van der Waals surface area (Å²) in [5, 5.41) is 5.13. The van der Waals surface area contributed by atoms with Crippen LogP contribution in [-0.2, 0) is 11.2 Å². The number of carbonyl (C=O) groups excluding carboxylic acids is 1. The van der Waals surface area contributed by atoms with Gasteiger partial charge in [0.05, 0.1) is 0 Å². The highest BCUT2D eigenvalue weighted by atomic mass is 32.1. The average molecular weight is 266 g/mol. The molecule has 0 radical (unpaired) electrons. The molecule has 4 heteroatoms. The number of amides is 1. The molecule has 3 nitrogen and oxygen atoms in total. The Morgan fingerprint density at radius 3 is 2.89 bits per heavy atom. The normalized spacial score (nSPS) is 16.6. The van der Waals surface area contributed by atoms with Crippen LogP contribution in [0.2, 0.25) is 0 Å². The molecule has 1 aromatic rings. The lowest BCUT2D eigenvalue weighted by Crippen LogP contribution is -2.33. The molecule has 1 heterocycles. The number of carbonyl (C=O) groups is 1. The van der Waals surface area contributed by atoms with Crippen LogP contribution in [0.15, 0.2) is 11.4 Å². The lowest BCUT2D eigenvalue weighted by Gasteiger charge is -2.13. The van der Waals surface area contributed by atoms with Crippen molar-refractivity contribution in [3.63, 3.8) is 0 Å². The number of aryl methyl sites for hydroxylation is 2. The lowest BCUT2D eigenvalue weighted by atomic mass is 10.1. The molecule has 0 aliphatic heterocycles. The standard InChI is InChI=1S/C14H22N2OS/c1-11-5-8-18-12(11)3-2-4-13(17)16-10-14(9-15)6-7-14/h5,8H,2-4,6-7,9-10,15H2,1H3,(H,16,17). The van der Waals surface area contributed by atoms with Crippen LogP contribution >= 0.6 is 11.3 Å². The van der Waals surface area contributed by atoms with Gasteiger partial charge in [0.2, 0.25) is 5.91 Å². The fourth-order valence-corrected chi connectivity index (χ4v) is 3.03. The molecule has 1 aliphatic carbocycles. The Labute approximate surface area is 113 Å². The number of hydrogen-bond acceptors (Lipinski definition) is 3. The lowest BCUT2D eigenvalue weighted by molar-refractivity contribution is -0.121. The second-order valence-electron chi connectivity index (χ2n) is 5.36. The minimum atomic E-state index is 0.170. The van der Waals surface area contributed by atoms with Crippen molar-refractivity contribution in [3.05, 3.63) is 21.9 Å². The predicted octanol–water partition coefficient (Wildman–Crippen LogP) is 2.23. The minimum Gasteiger partial charge on any atom is -0.355 e. The van der Waals surface area contributed by atoms with Crippen molar-refractivity contribution in [2.75, 3.05) is 13.1 Å². The summed E-state index contributed by atoms with van der Waals surface area (Å²) >= 11 is 1.78. The summed E-state index contributed by atoms with van der Waals surface area (Å²) in [6, 6.07) is 2.14. The van der Waals surface area contributed by atoms with Gasteiger partial charge in [-0.2, -0.15) is 0 Å². The zero-order valence-corrected chi connectivity index (χ0v) is 11.8. The molecular formula is C14H22N2OS. The van der Waals surface area contributed by atoms with Crippen LogP contribution in [0, 0.1) is 12.3 Å². The second-order valence-corrected chi connectivity index (χ2v) is 6.36. The van der Waals surface area contributed by atoms with Crippen molar-refractivity contribution in [1.82, 2.24) is 5.32 Å². The molecule has 0 aromatic carbocycles. The van der Waals surface area contributed by atoms with Crippen molar-refractivity contribution >= 4 is 17.2 Å². The monoisotopic (exact) mass is 266 g/mol. The number of nitrogens with two attached hydrogens (primary N) is 1. The first kappa shape index (κ1) is 13.6. The molecule has 3 N–H and O–H groups in total. The highest BCUT2D eigenvalue weighted by Gasteiger charge is 2.41. The molecule has 100 valence electrons. The molecule has 1 amide bonds. The zero-order chi connectivity index (χ0) is 13.0. The van der Waals surface area contributed by atoms with Gasteiger partial charge in [0.1, 0.15) is 0 Å². The van der Waals surface area contributed by atoms with E-state index < -0.39 is 0 Å². The zero-order valence-electron chi connectivity index (χ0n) is 11.0. The van der Waals surface area contributed by atoms with Crippen molar-refractivity contribution in [3.8, 4) is 0 Å². The van der Waals surface area contributed by atoms with Gasteiger partial charge in [-0.15, -0.1) is 11.3 Å². The predicted molar refractivity (Wildman–Crippen MR) is 75.7 cm³/mol. The molecule has 18 heavy (non-hydrogen) atoms. The minimum absolute atomic E-state index is 0.170. The Hall–Kier alpha value is -0.870. The van der Waals surface area contributed by atoms with Crippen LogP contribution in [0.5, 0.6) is 0 Å². The molecule has 1 fully saturated rings. The Bertz CT molecular complexity index is 410. The van der Waals surface area contributed by atoms with Gasteiger partial charge in [-0.1, -0.05) is 0 Å². The quantitative estimate of drug-likeness (QED) is 0.795. The summed E-state index contributed by atoms with van der Waals surface area (Å²) in [6.07, 6.45) is 4.90. The Balaban J connectivity index is 1.62. The maximum Gasteiger partial charge on any atom is 0.220 e. The molecule has 0 saturated heterocycles. The van der Waals surface area contributed by atoms with Crippen LogP contribution in [0.25, 0.3) is 0 Å². The van der Waals surface area contributed by atoms with E-state index in [0.717, 1.165) is 32.2 Å². The topological polar surface area (TPSA) is 55.1 Å². The van der Waals surface area contributed by atoms with E-state index >= 15 is 0 Å². The molecule has 0 atom stereocenters. The summed E-state index contributed by atoms with van der Waals surface area (Å²) in [6.45, 7) is 3.59. The van der Waals surface area contributed by atoms with Gasteiger partial charge < -0.3 is 11.1 Å². The van der Waals surface area contributed by atoms with Crippen molar-refractivity contribution in [1.29, 1.82) is 0 Å². The number of nitrogens with one attached hydrogen (secondary N) is 1. The number of thiophene rings is 1. The van der Waals surface area contributed by atoms with E-state index in [1.54, 1.807) is 11.3 Å². The smallest absolute Gasteiger partial charge is 0.220 e. The maximum atomic E-state index is 11.7. The molecule has 0 unspecified atom stereocenters. The van der Waals surface area contributed by atoms with E-state index in [1.807, 2.05) is 0 Å². The molecule has 1 aromatic heterocycles. The van der Waals surface area contributed by atoms with E-state index in [2.05, 4.69) is 23.7 Å². The molecule has 1 aliphatic rings. The largest absolute Gasteiger partial charge is 0.355 e. The third-order valence-corrected chi connectivity index (χ3v) is 4.91. The van der Waals surface area contributed by atoms with Crippen molar-refractivity contribution < 1.29 is 4.79 Å². The SMILES string of the molecule is Cc1ccsc1CCCC(=O)NCC1(CN)CC1. The fourth-order valence-electron chi connectivity index (χ4n) is 2.07. The Kier molecular flexibility index (Phi) is 4.40. The molecule has 2 rings (SSSR count). The Morgan fingerprint density at radius 1 is 1.56 bits per heavy atom. The third-order valence-electron chi connectivity index (χ3n) is 3.83. The summed E-state index contributed by atoms with van der Waals surface area (Å²) in [4.78, 5) is 13.1. The first-order chi connectivity index (χ1) is 8.65. The van der Waals surface area contributed by atoms with Crippen molar-refractivity contribution in [2.45, 2.75) is 39.0 Å². The van der Waals surface area contributed by atoms with Crippen LogP contribution < -0.4 is 11.1 Å². The number of hydrogen-bond donors (Lipinski definition) is 2. The van der Waals surface area contributed by atoms with E-state index in [0.29, 0.717) is 13.0 Å². The van der Waals surface area contributed by atoms with E-state index in [4.69, 9.17) is 5.73 Å². The highest BCUT2D eigenvalue weighted by molar-refractivity contribution is 7.10. The van der Waals surface area contributed by atoms with Gasteiger partial charge in [0.15, 0.2) is 0 Å². The van der Waals surface area contributed by atoms with Crippen LogP contribution in [0.4, 0.5) is 0 Å². The average Bonchev–Trinajstić information content (AvgIpc) is 3.05. The van der Waals surface area contributed by atoms with E-state index in [1.165, 1.54) is 10.4 Å². The first-order valence-electron chi connectivity index (χ1n) is 6.65. The second kappa shape index (κ2) is 5.85. The van der Waals surface area contributed by atoms with Crippen LogP contribution in [0.1, 0.15) is 36.1 Å². The molecular weight excluding hydrogens is 244 g/mol. The van der Waals surface area contributed by atoms with Gasteiger partial charge in [0.25, 0.3) is 0 Å².